The highest BCUT2D eigenvalue weighted by molar-refractivity contribution is 7.92. The Morgan fingerprint density at radius 1 is 1.03 bits per heavy atom. The molecule has 4 rings (SSSR count). The molecule has 1 heterocycles. The number of sulfonamides is 1. The predicted molar refractivity (Wildman–Crippen MR) is 122 cm³/mol. The van der Waals surface area contributed by atoms with Crippen molar-refractivity contribution in [1.29, 1.82) is 0 Å². The smallest absolute Gasteiger partial charge is 0.261 e. The summed E-state index contributed by atoms with van der Waals surface area (Å²) < 4.78 is 52.0. The van der Waals surface area contributed by atoms with Crippen LogP contribution < -0.4 is 19.5 Å². The van der Waals surface area contributed by atoms with Crippen LogP contribution in [0, 0.1) is 5.82 Å². The van der Waals surface area contributed by atoms with E-state index >= 15 is 0 Å². The monoisotopic (exact) mass is 490 g/mol. The summed E-state index contributed by atoms with van der Waals surface area (Å²) in [5.41, 5.74) is 1.02. The van der Waals surface area contributed by atoms with Crippen LogP contribution in [0.2, 0.25) is 5.02 Å². The molecule has 7 nitrogen and oxygen atoms in total. The molecule has 0 aliphatic carbocycles. The maximum Gasteiger partial charge on any atom is 0.261 e. The van der Waals surface area contributed by atoms with Crippen LogP contribution in [0.5, 0.6) is 11.5 Å². The van der Waals surface area contributed by atoms with Crippen molar-refractivity contribution < 1.29 is 27.1 Å². The summed E-state index contributed by atoms with van der Waals surface area (Å²) in [6, 6.07) is 14.4. The Morgan fingerprint density at radius 3 is 2.52 bits per heavy atom. The van der Waals surface area contributed by atoms with Crippen molar-refractivity contribution in [2.45, 2.75) is 11.3 Å². The minimum atomic E-state index is -4.00. The van der Waals surface area contributed by atoms with Crippen LogP contribution in [-0.4, -0.2) is 34.1 Å². The second-order valence-electron chi connectivity index (χ2n) is 7.22. The highest BCUT2D eigenvalue weighted by atomic mass is 35.5. The first-order valence-corrected chi connectivity index (χ1v) is 11.9. The van der Waals surface area contributed by atoms with Gasteiger partial charge in [0, 0.05) is 12.1 Å². The number of rotatable bonds is 7. The molecular formula is C23H20ClFN2O5S. The number of para-hydroxylation sites is 1. The van der Waals surface area contributed by atoms with Gasteiger partial charge in [-0.05, 0) is 60.5 Å². The van der Waals surface area contributed by atoms with Crippen LogP contribution in [-0.2, 0) is 16.4 Å². The van der Waals surface area contributed by atoms with Gasteiger partial charge in [-0.25, -0.2) is 12.8 Å². The van der Waals surface area contributed by atoms with Gasteiger partial charge in [-0.3, -0.25) is 9.52 Å². The third-order valence-electron chi connectivity index (χ3n) is 4.90. The van der Waals surface area contributed by atoms with E-state index < -0.39 is 15.8 Å². The van der Waals surface area contributed by atoms with E-state index in [0.717, 1.165) is 11.6 Å². The van der Waals surface area contributed by atoms with E-state index in [9.17, 15) is 17.6 Å². The first kappa shape index (κ1) is 22.9. The fourth-order valence-corrected chi connectivity index (χ4v) is 4.62. The molecule has 0 unspecified atom stereocenters. The van der Waals surface area contributed by atoms with Crippen LogP contribution in [0.15, 0.2) is 65.6 Å². The molecule has 3 aromatic rings. The number of carbonyl (C=O) groups is 1. The number of ether oxygens (including phenoxy) is 2. The minimum absolute atomic E-state index is 0.0896. The zero-order chi connectivity index (χ0) is 23.4. The average molecular weight is 491 g/mol. The Bertz CT molecular complexity index is 1280. The highest BCUT2D eigenvalue weighted by Gasteiger charge is 2.18. The van der Waals surface area contributed by atoms with Crippen molar-refractivity contribution in [3.8, 4) is 11.5 Å². The SMILES string of the molecule is O=C(NCCc1cc(Cl)c2c(c1)OCCO2)c1ccc(S(=O)(=O)Nc2ccccc2F)cc1. The molecule has 1 aliphatic rings. The molecule has 0 radical (unpaired) electrons. The van der Waals surface area contributed by atoms with E-state index in [4.69, 9.17) is 21.1 Å². The second-order valence-corrected chi connectivity index (χ2v) is 9.31. The summed E-state index contributed by atoms with van der Waals surface area (Å²) in [6.45, 7) is 1.23. The van der Waals surface area contributed by atoms with Gasteiger partial charge >= 0.3 is 0 Å². The summed E-state index contributed by atoms with van der Waals surface area (Å²) in [5.74, 6) is 0.0622. The largest absolute Gasteiger partial charge is 0.486 e. The fraction of sp³-hybridized carbons (Fsp3) is 0.174. The first-order chi connectivity index (χ1) is 15.8. The third kappa shape index (κ3) is 5.37. The van der Waals surface area contributed by atoms with Crippen LogP contribution in [0.3, 0.4) is 0 Å². The third-order valence-corrected chi connectivity index (χ3v) is 6.56. The van der Waals surface area contributed by atoms with E-state index in [1.165, 1.54) is 42.5 Å². The molecule has 1 amide bonds. The van der Waals surface area contributed by atoms with Crippen molar-refractivity contribution in [1.82, 2.24) is 5.32 Å². The van der Waals surface area contributed by atoms with E-state index in [0.29, 0.717) is 48.3 Å². The molecule has 0 bridgehead atoms. The number of hydrogen-bond donors (Lipinski definition) is 2. The Kier molecular flexibility index (Phi) is 6.71. The van der Waals surface area contributed by atoms with Crippen molar-refractivity contribution >= 4 is 33.2 Å². The van der Waals surface area contributed by atoms with Gasteiger partial charge in [0.25, 0.3) is 15.9 Å². The lowest BCUT2D eigenvalue weighted by molar-refractivity contribution is 0.0954. The Labute approximate surface area is 195 Å². The summed E-state index contributed by atoms with van der Waals surface area (Å²) in [6.07, 6.45) is 0.515. The van der Waals surface area contributed by atoms with Gasteiger partial charge in [-0.1, -0.05) is 23.7 Å². The van der Waals surface area contributed by atoms with Gasteiger partial charge < -0.3 is 14.8 Å². The van der Waals surface area contributed by atoms with Gasteiger partial charge in [-0.15, -0.1) is 0 Å². The molecule has 0 saturated carbocycles. The number of nitrogens with one attached hydrogen (secondary N) is 2. The number of amides is 1. The topological polar surface area (TPSA) is 93.7 Å². The van der Waals surface area contributed by atoms with Crippen molar-refractivity contribution in [2.75, 3.05) is 24.5 Å². The molecule has 0 atom stereocenters. The van der Waals surface area contributed by atoms with Gasteiger partial charge in [0.05, 0.1) is 15.6 Å². The van der Waals surface area contributed by atoms with Crippen LogP contribution in [0.4, 0.5) is 10.1 Å². The summed E-state index contributed by atoms with van der Waals surface area (Å²) in [5, 5.41) is 3.24. The van der Waals surface area contributed by atoms with E-state index in [2.05, 4.69) is 10.0 Å². The maximum absolute atomic E-state index is 13.8. The molecular weight excluding hydrogens is 471 g/mol. The maximum atomic E-state index is 13.8. The van der Waals surface area contributed by atoms with Gasteiger partial charge in [0.15, 0.2) is 11.5 Å². The number of carbonyl (C=O) groups excluding carboxylic acids is 1. The molecule has 33 heavy (non-hydrogen) atoms. The fourth-order valence-electron chi connectivity index (χ4n) is 3.26. The summed E-state index contributed by atoms with van der Waals surface area (Å²) in [7, 11) is -4.00. The minimum Gasteiger partial charge on any atom is -0.486 e. The molecule has 10 heteroatoms. The Morgan fingerprint density at radius 2 is 1.76 bits per heavy atom. The molecule has 0 saturated heterocycles. The zero-order valence-electron chi connectivity index (χ0n) is 17.3. The number of halogens is 2. The molecule has 2 N–H and O–H groups in total. The van der Waals surface area contributed by atoms with E-state index in [1.54, 1.807) is 6.07 Å². The van der Waals surface area contributed by atoms with E-state index in [-0.39, 0.29) is 16.5 Å². The molecule has 0 fully saturated rings. The molecule has 1 aliphatic heterocycles. The average Bonchev–Trinajstić information content (AvgIpc) is 2.80. The molecule has 0 spiro atoms. The molecule has 0 aromatic heterocycles. The molecule has 172 valence electrons. The van der Waals surface area contributed by atoms with Gasteiger partial charge in [0.1, 0.15) is 19.0 Å². The Hall–Kier alpha value is -3.30. The van der Waals surface area contributed by atoms with Crippen molar-refractivity contribution in [3.63, 3.8) is 0 Å². The van der Waals surface area contributed by atoms with Crippen LogP contribution >= 0.6 is 11.6 Å². The lowest BCUT2D eigenvalue weighted by atomic mass is 10.1. The predicted octanol–water partition coefficient (Wildman–Crippen LogP) is 4.02. The zero-order valence-corrected chi connectivity index (χ0v) is 18.9. The Balaban J connectivity index is 1.36. The quantitative estimate of drug-likeness (QED) is 0.521. The van der Waals surface area contributed by atoms with Crippen molar-refractivity contribution in [3.05, 3.63) is 82.6 Å². The van der Waals surface area contributed by atoms with Crippen LogP contribution in [0.1, 0.15) is 15.9 Å². The highest BCUT2D eigenvalue weighted by Crippen LogP contribution is 2.38. The lowest BCUT2D eigenvalue weighted by Gasteiger charge is -2.20. The van der Waals surface area contributed by atoms with Gasteiger partial charge in [-0.2, -0.15) is 0 Å². The van der Waals surface area contributed by atoms with Crippen LogP contribution in [0.25, 0.3) is 0 Å². The normalized spacial score (nSPS) is 12.8. The van der Waals surface area contributed by atoms with Gasteiger partial charge in [0.2, 0.25) is 0 Å². The summed E-state index contributed by atoms with van der Waals surface area (Å²) >= 11 is 6.23. The second kappa shape index (κ2) is 9.68. The van der Waals surface area contributed by atoms with E-state index in [1.807, 2.05) is 6.07 Å². The number of benzene rings is 3. The molecule has 3 aromatic carbocycles. The summed E-state index contributed by atoms with van der Waals surface area (Å²) in [4.78, 5) is 12.3. The lowest BCUT2D eigenvalue weighted by Crippen LogP contribution is -2.26. The van der Waals surface area contributed by atoms with Crippen molar-refractivity contribution in [2.24, 2.45) is 0 Å². The number of fused-ring (bicyclic) bond motifs is 1. The number of hydrogen-bond acceptors (Lipinski definition) is 5. The first-order valence-electron chi connectivity index (χ1n) is 10.1. The number of anilines is 1. The standard InChI is InChI=1S/C23H20ClFN2O5S/c24-18-13-15(14-21-22(18)32-12-11-31-21)9-10-26-23(28)16-5-7-17(8-6-16)33(29,30)27-20-4-2-1-3-19(20)25/h1-8,13-14,27H,9-12H2,(H,26,28).